The van der Waals surface area contributed by atoms with Crippen molar-refractivity contribution in [3.63, 3.8) is 0 Å². The third kappa shape index (κ3) is 4.08. The molecule has 1 heterocycles. The summed E-state index contributed by atoms with van der Waals surface area (Å²) in [6, 6.07) is 14.9. The van der Waals surface area contributed by atoms with E-state index in [1.165, 1.54) is 28.6 Å². The molecule has 160 valence electrons. The number of anilines is 3. The van der Waals surface area contributed by atoms with Crippen molar-refractivity contribution in [2.24, 2.45) is 0 Å². The van der Waals surface area contributed by atoms with Crippen LogP contribution in [0.15, 0.2) is 65.6 Å². The predicted octanol–water partition coefficient (Wildman–Crippen LogP) is 4.46. The Balaban J connectivity index is 1.67. The molecule has 6 nitrogen and oxygen atoms in total. The van der Waals surface area contributed by atoms with E-state index in [1.807, 2.05) is 12.1 Å². The quantitative estimate of drug-likeness (QED) is 0.563. The van der Waals surface area contributed by atoms with Crippen LogP contribution in [-0.2, 0) is 16.4 Å². The molecular weight excluding hydrogens is 441 g/mol. The average molecular weight is 460 g/mol. The molecule has 0 unspecified atom stereocenters. The molecule has 0 bridgehead atoms. The van der Waals surface area contributed by atoms with Gasteiger partial charge in [-0.25, -0.2) is 12.8 Å². The van der Waals surface area contributed by atoms with E-state index in [4.69, 9.17) is 17.3 Å². The number of hydrogen-bond donors (Lipinski definition) is 2. The zero-order valence-corrected chi connectivity index (χ0v) is 17.9. The zero-order chi connectivity index (χ0) is 22.2. The van der Waals surface area contributed by atoms with Gasteiger partial charge in [-0.1, -0.05) is 29.8 Å². The number of nitrogen functional groups attached to an aromatic ring is 1. The molecule has 0 atom stereocenters. The maximum absolute atomic E-state index is 13.4. The van der Waals surface area contributed by atoms with Gasteiger partial charge in [0.1, 0.15) is 5.82 Å². The van der Waals surface area contributed by atoms with Crippen molar-refractivity contribution in [3.05, 3.63) is 82.6 Å². The summed E-state index contributed by atoms with van der Waals surface area (Å²) in [6.45, 7) is 0.357. The fourth-order valence-corrected chi connectivity index (χ4v) is 5.30. The first-order valence-corrected chi connectivity index (χ1v) is 11.4. The Morgan fingerprint density at radius 2 is 1.87 bits per heavy atom. The van der Waals surface area contributed by atoms with E-state index in [0.717, 1.165) is 24.1 Å². The minimum atomic E-state index is -3.88. The lowest BCUT2D eigenvalue weighted by atomic mass is 10.0. The second-order valence-corrected chi connectivity index (χ2v) is 9.41. The molecule has 0 aliphatic carbocycles. The molecule has 0 saturated heterocycles. The van der Waals surface area contributed by atoms with Crippen LogP contribution in [0.25, 0.3) is 0 Å². The zero-order valence-electron chi connectivity index (χ0n) is 16.3. The van der Waals surface area contributed by atoms with Crippen LogP contribution < -0.4 is 15.4 Å². The molecule has 3 aromatic carbocycles. The highest BCUT2D eigenvalue weighted by Gasteiger charge is 2.29. The summed E-state index contributed by atoms with van der Waals surface area (Å²) in [5.74, 6) is -1.20. The molecule has 0 spiro atoms. The van der Waals surface area contributed by atoms with Crippen LogP contribution in [-0.4, -0.2) is 20.9 Å². The van der Waals surface area contributed by atoms with Crippen LogP contribution in [0, 0.1) is 5.82 Å². The fraction of sp³-hybridized carbons (Fsp3) is 0.136. The Kier molecular flexibility index (Phi) is 5.60. The van der Waals surface area contributed by atoms with Gasteiger partial charge in [0.15, 0.2) is 0 Å². The Labute approximate surface area is 184 Å². The number of nitrogens with two attached hydrogens (primary N) is 1. The number of carbonyl (C=O) groups excluding carboxylic acids is 1. The summed E-state index contributed by atoms with van der Waals surface area (Å²) in [5.41, 5.74) is 7.46. The van der Waals surface area contributed by atoms with Crippen molar-refractivity contribution in [1.29, 1.82) is 0 Å². The predicted molar refractivity (Wildman–Crippen MR) is 120 cm³/mol. The highest BCUT2D eigenvalue weighted by atomic mass is 35.5. The molecule has 9 heteroatoms. The average Bonchev–Trinajstić information content (AvgIpc) is 2.74. The number of rotatable bonds is 4. The van der Waals surface area contributed by atoms with Crippen molar-refractivity contribution in [3.8, 4) is 0 Å². The van der Waals surface area contributed by atoms with Crippen LogP contribution in [0.1, 0.15) is 22.3 Å². The van der Waals surface area contributed by atoms with E-state index in [2.05, 4.69) is 5.32 Å². The van der Waals surface area contributed by atoms with Crippen LogP contribution in [0.4, 0.5) is 21.5 Å². The summed E-state index contributed by atoms with van der Waals surface area (Å²) in [6.07, 6.45) is 1.51. The molecule has 0 radical (unpaired) electrons. The highest BCUT2D eigenvalue weighted by molar-refractivity contribution is 7.92. The number of fused-ring (bicyclic) bond motifs is 1. The maximum atomic E-state index is 13.4. The first-order valence-electron chi connectivity index (χ1n) is 9.54. The van der Waals surface area contributed by atoms with Crippen molar-refractivity contribution < 1.29 is 17.6 Å². The number of benzene rings is 3. The third-order valence-electron chi connectivity index (χ3n) is 5.10. The largest absolute Gasteiger partial charge is 0.398 e. The number of carbonyl (C=O) groups is 1. The monoisotopic (exact) mass is 459 g/mol. The number of nitrogens with zero attached hydrogens (tertiary/aromatic N) is 1. The Hall–Kier alpha value is -3.10. The number of para-hydroxylation sites is 1. The van der Waals surface area contributed by atoms with Crippen LogP contribution in [0.2, 0.25) is 5.02 Å². The normalized spacial score (nSPS) is 13.5. The summed E-state index contributed by atoms with van der Waals surface area (Å²) in [7, 11) is -3.88. The molecule has 1 amide bonds. The summed E-state index contributed by atoms with van der Waals surface area (Å²) < 4.78 is 41.4. The van der Waals surface area contributed by atoms with Crippen molar-refractivity contribution in [1.82, 2.24) is 0 Å². The van der Waals surface area contributed by atoms with E-state index in [9.17, 15) is 17.6 Å². The second-order valence-electron chi connectivity index (χ2n) is 7.14. The van der Waals surface area contributed by atoms with Gasteiger partial charge in [0.2, 0.25) is 0 Å². The summed E-state index contributed by atoms with van der Waals surface area (Å²) in [4.78, 5) is 12.6. The molecule has 0 saturated carbocycles. The lowest BCUT2D eigenvalue weighted by molar-refractivity contribution is 0.102. The third-order valence-corrected chi connectivity index (χ3v) is 7.24. The molecule has 3 aromatic rings. The molecular formula is C22H19ClFN3O3S. The van der Waals surface area contributed by atoms with Gasteiger partial charge < -0.3 is 11.1 Å². The van der Waals surface area contributed by atoms with Gasteiger partial charge in [-0.15, -0.1) is 0 Å². The minimum Gasteiger partial charge on any atom is -0.398 e. The molecule has 0 fully saturated rings. The van der Waals surface area contributed by atoms with Gasteiger partial charge in [-0.3, -0.25) is 9.10 Å². The number of sulfonamides is 1. The fourth-order valence-electron chi connectivity index (χ4n) is 3.57. The Morgan fingerprint density at radius 1 is 1.10 bits per heavy atom. The van der Waals surface area contributed by atoms with Gasteiger partial charge in [-0.05, 0) is 60.9 Å². The second kappa shape index (κ2) is 8.20. The SMILES string of the molecule is Nc1cc(F)ccc1C(=O)Nc1cc(S(=O)(=O)N2CCCc3ccccc32)ccc1Cl. The van der Waals surface area contributed by atoms with E-state index in [-0.39, 0.29) is 26.9 Å². The number of amides is 1. The standard InChI is InChI=1S/C22H19ClFN3O3S/c23-18-10-8-16(13-20(18)26-22(28)17-9-7-15(24)12-19(17)25)31(29,30)27-11-3-5-14-4-1-2-6-21(14)27/h1-2,4,6-10,12-13H,3,5,11,25H2,(H,26,28). The maximum Gasteiger partial charge on any atom is 0.264 e. The van der Waals surface area contributed by atoms with Gasteiger partial charge in [0.05, 0.1) is 26.9 Å². The van der Waals surface area contributed by atoms with Crippen molar-refractivity contribution in [2.45, 2.75) is 17.7 Å². The van der Waals surface area contributed by atoms with E-state index in [0.29, 0.717) is 18.7 Å². The first-order chi connectivity index (χ1) is 14.8. The molecule has 1 aliphatic rings. The molecule has 3 N–H and O–H groups in total. The minimum absolute atomic E-state index is 0.00372. The summed E-state index contributed by atoms with van der Waals surface area (Å²) in [5, 5.41) is 2.72. The Bertz CT molecular complexity index is 1280. The van der Waals surface area contributed by atoms with Gasteiger partial charge in [0, 0.05) is 12.2 Å². The van der Waals surface area contributed by atoms with Gasteiger partial charge >= 0.3 is 0 Å². The van der Waals surface area contributed by atoms with E-state index >= 15 is 0 Å². The smallest absolute Gasteiger partial charge is 0.264 e. The molecule has 0 aromatic heterocycles. The van der Waals surface area contributed by atoms with Gasteiger partial charge in [-0.2, -0.15) is 0 Å². The van der Waals surface area contributed by atoms with Crippen LogP contribution in [0.5, 0.6) is 0 Å². The van der Waals surface area contributed by atoms with E-state index in [1.54, 1.807) is 12.1 Å². The van der Waals surface area contributed by atoms with Gasteiger partial charge in [0.25, 0.3) is 15.9 Å². The highest BCUT2D eigenvalue weighted by Crippen LogP contribution is 2.34. The number of nitrogens with one attached hydrogen (secondary N) is 1. The van der Waals surface area contributed by atoms with E-state index < -0.39 is 21.7 Å². The summed E-state index contributed by atoms with van der Waals surface area (Å²) >= 11 is 6.20. The van der Waals surface area contributed by atoms with Crippen LogP contribution >= 0.6 is 11.6 Å². The Morgan fingerprint density at radius 3 is 2.65 bits per heavy atom. The van der Waals surface area contributed by atoms with Crippen molar-refractivity contribution in [2.75, 3.05) is 21.9 Å². The lowest BCUT2D eigenvalue weighted by Gasteiger charge is -2.30. The lowest BCUT2D eigenvalue weighted by Crippen LogP contribution is -2.35. The first kappa shape index (κ1) is 21.1. The van der Waals surface area contributed by atoms with Crippen molar-refractivity contribution >= 4 is 44.6 Å². The number of aryl methyl sites for hydroxylation is 1. The molecule has 31 heavy (non-hydrogen) atoms. The topological polar surface area (TPSA) is 92.5 Å². The molecule has 4 rings (SSSR count). The van der Waals surface area contributed by atoms with Crippen LogP contribution in [0.3, 0.4) is 0 Å². The molecule has 1 aliphatic heterocycles. The number of halogens is 2. The number of hydrogen-bond acceptors (Lipinski definition) is 4.